The third kappa shape index (κ3) is 2.48. The van der Waals surface area contributed by atoms with Crippen molar-refractivity contribution in [3.63, 3.8) is 0 Å². The zero-order valence-electron chi connectivity index (χ0n) is 8.94. The van der Waals surface area contributed by atoms with E-state index < -0.39 is 5.97 Å². The Balaban J connectivity index is 2.44. The zero-order chi connectivity index (χ0) is 12.4. The molecule has 0 amide bonds. The van der Waals surface area contributed by atoms with E-state index in [-0.39, 0.29) is 5.69 Å². The number of methoxy groups -OCH3 is 1. The highest BCUT2D eigenvalue weighted by molar-refractivity contribution is 9.10. The van der Waals surface area contributed by atoms with Gasteiger partial charge in [0.1, 0.15) is 10.0 Å². The van der Waals surface area contributed by atoms with Gasteiger partial charge in [-0.25, -0.2) is 9.78 Å². The van der Waals surface area contributed by atoms with E-state index in [1.54, 1.807) is 0 Å². The van der Waals surface area contributed by atoms with Crippen molar-refractivity contribution in [3.8, 4) is 10.6 Å². The molecule has 0 unspecified atom stereocenters. The van der Waals surface area contributed by atoms with Crippen molar-refractivity contribution in [2.24, 2.45) is 0 Å². The van der Waals surface area contributed by atoms with Crippen molar-refractivity contribution >= 4 is 38.2 Å². The van der Waals surface area contributed by atoms with Crippen molar-refractivity contribution < 1.29 is 9.53 Å². The lowest BCUT2D eigenvalue weighted by atomic mass is 10.2. The van der Waals surface area contributed by atoms with Crippen LogP contribution < -0.4 is 5.73 Å². The number of carbonyl (C=O) groups is 1. The number of nitrogens with zero attached hydrogens (tertiary/aromatic N) is 1. The molecular formula is C11H9BrN2O2S. The summed E-state index contributed by atoms with van der Waals surface area (Å²) in [4.78, 5) is 15.6. The number of benzene rings is 1. The van der Waals surface area contributed by atoms with Crippen LogP contribution in [0.1, 0.15) is 10.5 Å². The number of thiazole rings is 1. The van der Waals surface area contributed by atoms with Crippen LogP contribution in [0.3, 0.4) is 0 Å². The summed E-state index contributed by atoms with van der Waals surface area (Å²) in [5, 5.41) is 1.07. The summed E-state index contributed by atoms with van der Waals surface area (Å²) in [6, 6.07) is 7.64. The quantitative estimate of drug-likeness (QED) is 0.866. The van der Waals surface area contributed by atoms with Crippen molar-refractivity contribution in [3.05, 3.63) is 34.4 Å². The molecule has 17 heavy (non-hydrogen) atoms. The molecule has 0 aliphatic heterocycles. The molecule has 0 saturated heterocycles. The second-order valence-electron chi connectivity index (χ2n) is 3.23. The van der Waals surface area contributed by atoms with Gasteiger partial charge in [0, 0.05) is 10.0 Å². The fourth-order valence-electron chi connectivity index (χ4n) is 1.32. The maximum atomic E-state index is 11.4. The Labute approximate surface area is 111 Å². The molecule has 4 nitrogen and oxygen atoms in total. The number of nitrogen functional groups attached to an aromatic ring is 1. The number of ether oxygens (including phenoxy) is 1. The Hall–Kier alpha value is -1.40. The molecule has 0 saturated carbocycles. The predicted octanol–water partition coefficient (Wildman–Crippen LogP) is 2.94. The molecule has 88 valence electrons. The van der Waals surface area contributed by atoms with Crippen LogP contribution in [-0.4, -0.2) is 18.1 Å². The Morgan fingerprint density at radius 3 is 2.94 bits per heavy atom. The third-order valence-corrected chi connectivity index (χ3v) is 3.53. The molecule has 0 atom stereocenters. The molecule has 1 aromatic heterocycles. The van der Waals surface area contributed by atoms with Gasteiger partial charge in [-0.05, 0) is 12.1 Å². The number of aromatic nitrogens is 1. The molecule has 2 aromatic rings. The van der Waals surface area contributed by atoms with Crippen LogP contribution in [0.2, 0.25) is 0 Å². The van der Waals surface area contributed by atoms with Gasteiger partial charge in [-0.3, -0.25) is 0 Å². The Morgan fingerprint density at radius 1 is 1.53 bits per heavy atom. The highest BCUT2D eigenvalue weighted by Gasteiger charge is 2.17. The number of hydrogen-bond donors (Lipinski definition) is 1. The summed E-state index contributed by atoms with van der Waals surface area (Å²) in [5.41, 5.74) is 6.82. The molecule has 0 fully saturated rings. The van der Waals surface area contributed by atoms with Gasteiger partial charge in [0.15, 0.2) is 5.69 Å². The van der Waals surface area contributed by atoms with Crippen LogP contribution >= 0.6 is 27.3 Å². The van der Waals surface area contributed by atoms with Gasteiger partial charge >= 0.3 is 5.97 Å². The van der Waals surface area contributed by atoms with E-state index in [9.17, 15) is 4.79 Å². The first-order chi connectivity index (χ1) is 8.11. The van der Waals surface area contributed by atoms with E-state index in [1.165, 1.54) is 18.4 Å². The van der Waals surface area contributed by atoms with Crippen molar-refractivity contribution in [2.75, 3.05) is 12.8 Å². The summed E-state index contributed by atoms with van der Waals surface area (Å²) in [5.74, 6) is -0.514. The van der Waals surface area contributed by atoms with E-state index >= 15 is 0 Å². The van der Waals surface area contributed by atoms with Gasteiger partial charge in [0.2, 0.25) is 0 Å². The average Bonchev–Trinajstić information content (AvgIpc) is 2.70. The first-order valence-corrected chi connectivity index (χ1v) is 6.33. The van der Waals surface area contributed by atoms with E-state index in [4.69, 9.17) is 5.73 Å². The molecule has 0 spiro atoms. The van der Waals surface area contributed by atoms with Gasteiger partial charge < -0.3 is 10.5 Å². The molecule has 2 rings (SSSR count). The number of carbonyl (C=O) groups excluding carboxylic acids is 1. The number of halogens is 1. The summed E-state index contributed by atoms with van der Waals surface area (Å²) in [6.45, 7) is 0. The molecule has 1 aromatic carbocycles. The first kappa shape index (κ1) is 12.1. The van der Waals surface area contributed by atoms with E-state index in [0.717, 1.165) is 10.0 Å². The average molecular weight is 313 g/mol. The lowest BCUT2D eigenvalue weighted by molar-refractivity contribution is 0.0596. The summed E-state index contributed by atoms with van der Waals surface area (Å²) >= 11 is 4.65. The largest absolute Gasteiger partial charge is 0.464 e. The smallest absolute Gasteiger partial charge is 0.359 e. The number of anilines is 1. The van der Waals surface area contributed by atoms with Gasteiger partial charge in [-0.1, -0.05) is 39.4 Å². The van der Waals surface area contributed by atoms with Crippen LogP contribution in [0.4, 0.5) is 5.00 Å². The van der Waals surface area contributed by atoms with E-state index in [2.05, 4.69) is 25.7 Å². The highest BCUT2D eigenvalue weighted by atomic mass is 79.9. The van der Waals surface area contributed by atoms with Crippen LogP contribution in [0.15, 0.2) is 28.7 Å². The monoisotopic (exact) mass is 312 g/mol. The Kier molecular flexibility index (Phi) is 3.44. The van der Waals surface area contributed by atoms with Crippen molar-refractivity contribution in [2.45, 2.75) is 0 Å². The van der Waals surface area contributed by atoms with Gasteiger partial charge in [-0.15, -0.1) is 0 Å². The lowest BCUT2D eigenvalue weighted by Gasteiger charge is -1.96. The van der Waals surface area contributed by atoms with Crippen LogP contribution in [0.5, 0.6) is 0 Å². The summed E-state index contributed by atoms with van der Waals surface area (Å²) in [7, 11) is 1.31. The molecule has 1 heterocycles. The minimum absolute atomic E-state index is 0.174. The molecule has 0 radical (unpaired) electrons. The maximum absolute atomic E-state index is 11.4. The standard InChI is InChI=1S/C11H9BrN2O2S/c1-16-11(15)8-9(13)17-10(14-8)6-3-2-4-7(12)5-6/h2-5H,13H2,1H3. The highest BCUT2D eigenvalue weighted by Crippen LogP contribution is 2.31. The maximum Gasteiger partial charge on any atom is 0.359 e. The molecule has 0 bridgehead atoms. The van der Waals surface area contributed by atoms with Crippen LogP contribution in [0, 0.1) is 0 Å². The van der Waals surface area contributed by atoms with Gasteiger partial charge in [0.05, 0.1) is 7.11 Å². The van der Waals surface area contributed by atoms with Gasteiger partial charge in [0.25, 0.3) is 0 Å². The number of esters is 1. The second kappa shape index (κ2) is 4.85. The molecular weight excluding hydrogens is 304 g/mol. The van der Waals surface area contributed by atoms with Crippen molar-refractivity contribution in [1.82, 2.24) is 4.98 Å². The summed E-state index contributed by atoms with van der Waals surface area (Å²) < 4.78 is 5.55. The lowest BCUT2D eigenvalue weighted by Crippen LogP contribution is -2.04. The molecule has 0 aliphatic rings. The molecule has 0 aliphatic carbocycles. The minimum atomic E-state index is -0.514. The SMILES string of the molecule is COC(=O)c1nc(-c2cccc(Br)c2)sc1N. The normalized spacial score (nSPS) is 10.2. The number of rotatable bonds is 2. The molecule has 2 N–H and O–H groups in total. The van der Waals surface area contributed by atoms with E-state index in [0.29, 0.717) is 10.0 Å². The van der Waals surface area contributed by atoms with Crippen LogP contribution in [0.25, 0.3) is 10.6 Å². The first-order valence-electron chi connectivity index (χ1n) is 4.72. The third-order valence-electron chi connectivity index (χ3n) is 2.10. The Bertz CT molecular complexity index is 568. The Morgan fingerprint density at radius 2 is 2.29 bits per heavy atom. The number of nitrogens with two attached hydrogens (primary N) is 1. The fraction of sp³-hybridized carbons (Fsp3) is 0.0909. The fourth-order valence-corrected chi connectivity index (χ4v) is 2.53. The summed E-state index contributed by atoms with van der Waals surface area (Å²) in [6.07, 6.45) is 0. The van der Waals surface area contributed by atoms with Crippen LogP contribution in [-0.2, 0) is 4.74 Å². The minimum Gasteiger partial charge on any atom is -0.464 e. The predicted molar refractivity (Wildman–Crippen MR) is 71.0 cm³/mol. The van der Waals surface area contributed by atoms with Crippen molar-refractivity contribution in [1.29, 1.82) is 0 Å². The zero-order valence-corrected chi connectivity index (χ0v) is 11.3. The van der Waals surface area contributed by atoms with Gasteiger partial charge in [-0.2, -0.15) is 0 Å². The molecule has 6 heteroatoms. The van der Waals surface area contributed by atoms with E-state index in [1.807, 2.05) is 24.3 Å². The number of hydrogen-bond acceptors (Lipinski definition) is 5. The topological polar surface area (TPSA) is 65.2 Å². The second-order valence-corrected chi connectivity index (χ2v) is 5.18.